The molecule has 2 aromatic carbocycles. The van der Waals surface area contributed by atoms with Gasteiger partial charge in [-0.2, -0.15) is 9.67 Å². The first-order valence-electron chi connectivity index (χ1n) is 8.35. The normalized spacial score (nSPS) is 13.2. The van der Waals surface area contributed by atoms with Crippen LogP contribution in [0.4, 0.5) is 11.6 Å². The molecule has 1 aliphatic carbocycles. The second kappa shape index (κ2) is 5.73. The average molecular weight is 342 g/mol. The monoisotopic (exact) mass is 342 g/mol. The smallest absolute Gasteiger partial charge is 0.229 e. The molecule has 0 radical (unpaired) electrons. The minimum absolute atomic E-state index is 0.210. The Balaban J connectivity index is 1.51. The Hall–Kier alpha value is -3.61. The molecule has 7 heteroatoms. The molecule has 1 N–H and O–H groups in total. The topological polar surface area (TPSA) is 85.6 Å². The molecule has 0 unspecified atom stereocenters. The van der Waals surface area contributed by atoms with Crippen molar-refractivity contribution in [1.29, 1.82) is 0 Å². The van der Waals surface area contributed by atoms with Crippen LogP contribution in [0, 0.1) is 0 Å². The number of rotatable bonds is 3. The molecule has 0 saturated heterocycles. The van der Waals surface area contributed by atoms with Crippen molar-refractivity contribution in [3.8, 4) is 5.69 Å². The Labute approximate surface area is 148 Å². The van der Waals surface area contributed by atoms with Crippen molar-refractivity contribution in [2.75, 3.05) is 5.32 Å². The van der Waals surface area contributed by atoms with Gasteiger partial charge in [0.25, 0.3) is 0 Å². The highest BCUT2D eigenvalue weighted by Gasteiger charge is 2.19. The first-order chi connectivity index (χ1) is 12.8. The summed E-state index contributed by atoms with van der Waals surface area (Å²) in [5.41, 5.74) is 4.88. The minimum atomic E-state index is 0.210. The van der Waals surface area contributed by atoms with Crippen molar-refractivity contribution in [2.24, 2.45) is 0 Å². The summed E-state index contributed by atoms with van der Waals surface area (Å²) in [5, 5.41) is 11.5. The number of para-hydroxylation sites is 1. The number of nitrogens with one attached hydrogen (secondary N) is 1. The standard InChI is InChI=1S/C19H14N6O/c26-17-9-6-12-10-13(7-8-15(12)17)21-19-20-11-16-18(22-19)25(24-23-16)14-4-2-1-3-5-14/h1-5,7-8,10-11H,6,9H2,(H,20,21,22). The fourth-order valence-corrected chi connectivity index (χ4v) is 3.19. The van der Waals surface area contributed by atoms with Gasteiger partial charge in [-0.05, 0) is 42.3 Å². The largest absolute Gasteiger partial charge is 0.324 e. The van der Waals surface area contributed by atoms with Crippen LogP contribution < -0.4 is 5.32 Å². The van der Waals surface area contributed by atoms with Gasteiger partial charge in [0.2, 0.25) is 5.95 Å². The zero-order chi connectivity index (χ0) is 17.5. The van der Waals surface area contributed by atoms with Crippen molar-refractivity contribution >= 4 is 28.6 Å². The summed E-state index contributed by atoms with van der Waals surface area (Å²) in [5.74, 6) is 0.670. The van der Waals surface area contributed by atoms with E-state index < -0.39 is 0 Å². The predicted octanol–water partition coefficient (Wildman–Crippen LogP) is 3.08. The van der Waals surface area contributed by atoms with E-state index in [0.717, 1.165) is 28.9 Å². The van der Waals surface area contributed by atoms with E-state index in [0.29, 0.717) is 23.5 Å². The molecule has 7 nitrogen and oxygen atoms in total. The first kappa shape index (κ1) is 14.7. The maximum Gasteiger partial charge on any atom is 0.229 e. The number of aromatic nitrogens is 5. The van der Waals surface area contributed by atoms with Gasteiger partial charge in [0.15, 0.2) is 16.9 Å². The number of anilines is 2. The molecule has 0 bridgehead atoms. The van der Waals surface area contributed by atoms with Gasteiger partial charge in [0.05, 0.1) is 11.9 Å². The van der Waals surface area contributed by atoms with Crippen LogP contribution in [0.25, 0.3) is 16.9 Å². The van der Waals surface area contributed by atoms with Gasteiger partial charge in [-0.15, -0.1) is 5.10 Å². The summed E-state index contributed by atoms with van der Waals surface area (Å²) in [7, 11) is 0. The second-order valence-corrected chi connectivity index (χ2v) is 6.16. The van der Waals surface area contributed by atoms with Crippen molar-refractivity contribution in [3.63, 3.8) is 0 Å². The summed E-state index contributed by atoms with van der Waals surface area (Å²) < 4.78 is 1.68. The summed E-state index contributed by atoms with van der Waals surface area (Å²) in [4.78, 5) is 20.6. The molecular weight excluding hydrogens is 328 g/mol. The van der Waals surface area contributed by atoms with Crippen molar-refractivity contribution in [3.05, 3.63) is 65.9 Å². The zero-order valence-corrected chi connectivity index (χ0v) is 13.8. The van der Waals surface area contributed by atoms with Crippen LogP contribution in [0.15, 0.2) is 54.7 Å². The third kappa shape index (κ3) is 2.41. The predicted molar refractivity (Wildman–Crippen MR) is 96.8 cm³/mol. The molecule has 26 heavy (non-hydrogen) atoms. The Morgan fingerprint density at radius 1 is 1.04 bits per heavy atom. The van der Waals surface area contributed by atoms with Gasteiger partial charge < -0.3 is 5.32 Å². The van der Waals surface area contributed by atoms with Crippen LogP contribution in [0.2, 0.25) is 0 Å². The van der Waals surface area contributed by atoms with Crippen molar-refractivity contribution in [1.82, 2.24) is 25.0 Å². The summed E-state index contributed by atoms with van der Waals surface area (Å²) in [6.45, 7) is 0. The van der Waals surface area contributed by atoms with Crippen LogP contribution in [-0.4, -0.2) is 30.7 Å². The third-order valence-corrected chi connectivity index (χ3v) is 4.48. The average Bonchev–Trinajstić information content (AvgIpc) is 3.26. The van der Waals surface area contributed by atoms with E-state index in [1.165, 1.54) is 0 Å². The Morgan fingerprint density at radius 3 is 2.81 bits per heavy atom. The number of Topliss-reactive ketones (excluding diaryl/α,β-unsaturated/α-hetero) is 1. The van der Waals surface area contributed by atoms with E-state index in [1.54, 1.807) is 10.9 Å². The molecule has 0 atom stereocenters. The number of carbonyl (C=O) groups excluding carboxylic acids is 1. The highest BCUT2D eigenvalue weighted by atomic mass is 16.1. The van der Waals surface area contributed by atoms with E-state index in [1.807, 2.05) is 48.5 Å². The number of carbonyl (C=O) groups is 1. The number of benzene rings is 2. The number of nitrogens with zero attached hydrogens (tertiary/aromatic N) is 5. The summed E-state index contributed by atoms with van der Waals surface area (Å²) in [6, 6.07) is 15.4. The number of ketones is 1. The van der Waals surface area contributed by atoms with E-state index in [-0.39, 0.29) is 5.78 Å². The second-order valence-electron chi connectivity index (χ2n) is 6.16. The Bertz CT molecular complexity index is 1140. The summed E-state index contributed by atoms with van der Waals surface area (Å²) >= 11 is 0. The molecule has 0 spiro atoms. The van der Waals surface area contributed by atoms with Crippen LogP contribution in [-0.2, 0) is 6.42 Å². The fraction of sp³-hybridized carbons (Fsp3) is 0.105. The van der Waals surface area contributed by atoms with Gasteiger partial charge >= 0.3 is 0 Å². The number of aryl methyl sites for hydroxylation is 1. The molecular formula is C19H14N6O. The fourth-order valence-electron chi connectivity index (χ4n) is 3.19. The SMILES string of the molecule is O=C1CCc2cc(Nc3ncc4nnn(-c5ccccc5)c4n3)ccc21. The maximum absolute atomic E-state index is 11.8. The van der Waals surface area contributed by atoms with Crippen LogP contribution in [0.5, 0.6) is 0 Å². The molecule has 2 aromatic heterocycles. The molecule has 2 heterocycles. The highest BCUT2D eigenvalue weighted by Crippen LogP contribution is 2.26. The molecule has 1 aliphatic rings. The Kier molecular flexibility index (Phi) is 3.24. The third-order valence-electron chi connectivity index (χ3n) is 4.48. The molecule has 0 amide bonds. The van der Waals surface area contributed by atoms with Crippen molar-refractivity contribution < 1.29 is 4.79 Å². The van der Waals surface area contributed by atoms with E-state index in [9.17, 15) is 4.79 Å². The van der Waals surface area contributed by atoms with Gasteiger partial charge in [-0.3, -0.25) is 4.79 Å². The number of fused-ring (bicyclic) bond motifs is 2. The molecule has 4 aromatic rings. The molecule has 0 saturated carbocycles. The van der Waals surface area contributed by atoms with Gasteiger partial charge in [0.1, 0.15) is 0 Å². The van der Waals surface area contributed by atoms with Crippen molar-refractivity contribution in [2.45, 2.75) is 12.8 Å². The first-order valence-corrected chi connectivity index (χ1v) is 8.35. The summed E-state index contributed by atoms with van der Waals surface area (Å²) in [6.07, 6.45) is 3.02. The number of hydrogen-bond donors (Lipinski definition) is 1. The lowest BCUT2D eigenvalue weighted by atomic mass is 10.1. The lowest BCUT2D eigenvalue weighted by molar-refractivity contribution is 0.0994. The molecule has 0 aliphatic heterocycles. The van der Waals surface area contributed by atoms with E-state index >= 15 is 0 Å². The molecule has 126 valence electrons. The lowest BCUT2D eigenvalue weighted by Crippen LogP contribution is -2.01. The van der Waals surface area contributed by atoms with Gasteiger partial charge in [0, 0.05) is 17.7 Å². The van der Waals surface area contributed by atoms with Gasteiger partial charge in [-0.25, -0.2) is 4.98 Å². The lowest BCUT2D eigenvalue weighted by Gasteiger charge is -2.07. The molecule has 0 fully saturated rings. The highest BCUT2D eigenvalue weighted by molar-refractivity contribution is 6.00. The van der Waals surface area contributed by atoms with Crippen LogP contribution in [0.3, 0.4) is 0 Å². The van der Waals surface area contributed by atoms with E-state index in [4.69, 9.17) is 0 Å². The molecule has 5 rings (SSSR count). The minimum Gasteiger partial charge on any atom is -0.324 e. The van der Waals surface area contributed by atoms with Crippen LogP contribution in [0.1, 0.15) is 22.3 Å². The Morgan fingerprint density at radius 2 is 1.92 bits per heavy atom. The number of hydrogen-bond acceptors (Lipinski definition) is 6. The van der Waals surface area contributed by atoms with E-state index in [2.05, 4.69) is 25.6 Å². The zero-order valence-electron chi connectivity index (χ0n) is 13.8. The maximum atomic E-state index is 11.8. The van der Waals surface area contributed by atoms with Gasteiger partial charge in [-0.1, -0.05) is 23.4 Å². The quantitative estimate of drug-likeness (QED) is 0.616. The van der Waals surface area contributed by atoms with Crippen LogP contribution >= 0.6 is 0 Å².